The molecule has 1 fully saturated rings. The second-order valence-electron chi connectivity index (χ2n) is 5.59. The van der Waals surface area contributed by atoms with Crippen molar-refractivity contribution >= 4 is 11.9 Å². The summed E-state index contributed by atoms with van der Waals surface area (Å²) >= 11 is 0. The quantitative estimate of drug-likeness (QED) is 0.701. The molecule has 0 aromatic rings. The number of nitrogens with zero attached hydrogens (tertiary/aromatic N) is 2. The van der Waals surface area contributed by atoms with Gasteiger partial charge in [-0.1, -0.05) is 19.8 Å². The van der Waals surface area contributed by atoms with Crippen LogP contribution in [0.3, 0.4) is 0 Å². The Morgan fingerprint density at radius 2 is 2.18 bits per heavy atom. The molecule has 17 heavy (non-hydrogen) atoms. The van der Waals surface area contributed by atoms with E-state index in [1.807, 2.05) is 6.92 Å². The third-order valence-corrected chi connectivity index (χ3v) is 4.35. The van der Waals surface area contributed by atoms with Crippen LogP contribution >= 0.6 is 0 Å². The van der Waals surface area contributed by atoms with Crippen molar-refractivity contribution in [1.82, 2.24) is 4.90 Å². The molecule has 2 atom stereocenters. The summed E-state index contributed by atoms with van der Waals surface area (Å²) in [5.74, 6) is 3.06. The molecule has 4 heteroatoms. The highest BCUT2D eigenvalue weighted by Crippen LogP contribution is 2.52. The van der Waals surface area contributed by atoms with Crippen molar-refractivity contribution in [3.63, 3.8) is 0 Å². The molecule has 0 aromatic carbocycles. The Bertz CT molecular complexity index is 432. The number of aliphatic imine (C=N–C) groups is 1. The van der Waals surface area contributed by atoms with Crippen molar-refractivity contribution in [2.75, 3.05) is 0 Å². The molecule has 1 aliphatic carbocycles. The van der Waals surface area contributed by atoms with Gasteiger partial charge in [-0.05, 0) is 31.6 Å². The Balaban J connectivity index is 2.54. The summed E-state index contributed by atoms with van der Waals surface area (Å²) < 4.78 is 0. The van der Waals surface area contributed by atoms with Crippen LogP contribution in [0.15, 0.2) is 4.99 Å². The molecule has 4 nitrogen and oxygen atoms in total. The van der Waals surface area contributed by atoms with E-state index >= 15 is 0 Å². The molecule has 92 valence electrons. The van der Waals surface area contributed by atoms with Crippen LogP contribution in [-0.4, -0.2) is 28.3 Å². The number of terminal acetylenes is 1. The van der Waals surface area contributed by atoms with Crippen LogP contribution in [0.25, 0.3) is 0 Å². The van der Waals surface area contributed by atoms with Crippen molar-refractivity contribution in [3.05, 3.63) is 0 Å². The number of carbonyl (C=O) groups is 1. The Morgan fingerprint density at radius 3 is 2.65 bits per heavy atom. The maximum absolute atomic E-state index is 12.0. The number of urea groups is 1. The summed E-state index contributed by atoms with van der Waals surface area (Å²) in [5.41, 5.74) is 5.49. The van der Waals surface area contributed by atoms with Gasteiger partial charge in [0.25, 0.3) is 0 Å². The highest BCUT2D eigenvalue weighted by molar-refractivity contribution is 6.06. The molecule has 1 aliphatic heterocycles. The summed E-state index contributed by atoms with van der Waals surface area (Å²) in [6, 6.07) is -0.562. The monoisotopic (exact) mass is 233 g/mol. The molecule has 2 amide bonds. The van der Waals surface area contributed by atoms with E-state index in [2.05, 4.69) is 24.8 Å². The van der Waals surface area contributed by atoms with Gasteiger partial charge >= 0.3 is 6.03 Å². The van der Waals surface area contributed by atoms with Crippen LogP contribution in [0, 0.1) is 17.8 Å². The number of nitrogens with two attached hydrogens (primary N) is 1. The van der Waals surface area contributed by atoms with Gasteiger partial charge in [0.15, 0.2) is 0 Å². The molecule has 2 rings (SSSR count). The van der Waals surface area contributed by atoms with E-state index < -0.39 is 5.54 Å². The van der Waals surface area contributed by atoms with E-state index in [4.69, 9.17) is 12.2 Å². The van der Waals surface area contributed by atoms with Gasteiger partial charge in [0.2, 0.25) is 0 Å². The molecule has 2 N–H and O–H groups in total. The van der Waals surface area contributed by atoms with Crippen LogP contribution in [0.2, 0.25) is 0 Å². The van der Waals surface area contributed by atoms with Gasteiger partial charge < -0.3 is 5.73 Å². The molecule has 0 bridgehead atoms. The number of amides is 2. The van der Waals surface area contributed by atoms with Crippen molar-refractivity contribution in [2.45, 2.75) is 51.6 Å². The fourth-order valence-corrected chi connectivity index (χ4v) is 3.36. The van der Waals surface area contributed by atoms with Crippen LogP contribution in [0.5, 0.6) is 0 Å². The number of carbonyl (C=O) groups excluding carboxylic acids is 1. The van der Waals surface area contributed by atoms with Gasteiger partial charge in [-0.25, -0.2) is 4.79 Å². The smallest absolute Gasteiger partial charge is 0.347 e. The van der Waals surface area contributed by atoms with Crippen molar-refractivity contribution < 1.29 is 4.79 Å². The van der Waals surface area contributed by atoms with E-state index in [9.17, 15) is 4.79 Å². The number of amidine groups is 1. The van der Waals surface area contributed by atoms with Crippen LogP contribution < -0.4 is 5.73 Å². The lowest BCUT2D eigenvalue weighted by Gasteiger charge is -2.46. The number of hydrogen-bond donors (Lipinski definition) is 1. The molecule has 1 heterocycles. The standard InChI is InChI=1S/C13H19N3O/c1-5-9(2)16-11(17)15-10(14)13(16)8-6-7-12(13,3)4/h1,9H,6-8H2,2-4H3,(H2,14,15,17). The fourth-order valence-electron chi connectivity index (χ4n) is 3.36. The number of rotatable bonds is 1. The van der Waals surface area contributed by atoms with Crippen LogP contribution in [-0.2, 0) is 0 Å². The average Bonchev–Trinajstić information content (AvgIpc) is 2.67. The average molecular weight is 233 g/mol. The molecule has 2 unspecified atom stereocenters. The molecule has 1 saturated carbocycles. The van der Waals surface area contributed by atoms with Gasteiger partial charge in [-0.2, -0.15) is 4.99 Å². The maximum Gasteiger partial charge on any atom is 0.347 e. The summed E-state index contributed by atoms with van der Waals surface area (Å²) in [4.78, 5) is 17.7. The highest BCUT2D eigenvalue weighted by atomic mass is 16.2. The van der Waals surface area contributed by atoms with Crippen LogP contribution in [0.1, 0.15) is 40.0 Å². The molecule has 2 aliphatic rings. The molecule has 0 aromatic heterocycles. The second-order valence-corrected chi connectivity index (χ2v) is 5.59. The first-order valence-electron chi connectivity index (χ1n) is 6.01. The highest BCUT2D eigenvalue weighted by Gasteiger charge is 2.61. The van der Waals surface area contributed by atoms with Gasteiger partial charge in [0.1, 0.15) is 11.4 Å². The lowest BCUT2D eigenvalue weighted by molar-refractivity contribution is 0.0912. The van der Waals surface area contributed by atoms with Gasteiger partial charge in [-0.3, -0.25) is 4.90 Å². The Hall–Kier alpha value is -1.50. The fraction of sp³-hybridized carbons (Fsp3) is 0.692. The largest absolute Gasteiger partial charge is 0.385 e. The predicted molar refractivity (Wildman–Crippen MR) is 67.5 cm³/mol. The van der Waals surface area contributed by atoms with E-state index in [1.54, 1.807) is 4.90 Å². The topological polar surface area (TPSA) is 58.7 Å². The Kier molecular flexibility index (Phi) is 2.46. The molecule has 0 radical (unpaired) electrons. The first-order valence-corrected chi connectivity index (χ1v) is 6.01. The van der Waals surface area contributed by atoms with Crippen molar-refractivity contribution in [2.24, 2.45) is 16.1 Å². The minimum Gasteiger partial charge on any atom is -0.385 e. The molecular formula is C13H19N3O. The van der Waals surface area contributed by atoms with E-state index in [0.29, 0.717) is 5.84 Å². The normalized spacial score (nSPS) is 32.7. The molecule has 0 saturated heterocycles. The summed E-state index contributed by atoms with van der Waals surface area (Å²) in [7, 11) is 0. The maximum atomic E-state index is 12.0. The Labute approximate surface area is 102 Å². The van der Waals surface area contributed by atoms with Crippen molar-refractivity contribution in [1.29, 1.82) is 0 Å². The minimum atomic E-state index is -0.476. The summed E-state index contributed by atoms with van der Waals surface area (Å²) in [5, 5.41) is 0. The minimum absolute atomic E-state index is 0.0716. The number of hydrogen-bond acceptors (Lipinski definition) is 2. The first-order chi connectivity index (χ1) is 7.87. The van der Waals surface area contributed by atoms with Gasteiger partial charge in [-0.15, -0.1) is 6.42 Å². The third-order valence-electron chi connectivity index (χ3n) is 4.35. The van der Waals surface area contributed by atoms with E-state index in [1.165, 1.54) is 0 Å². The van der Waals surface area contributed by atoms with Crippen molar-refractivity contribution in [3.8, 4) is 12.3 Å². The predicted octanol–water partition coefficient (Wildman–Crippen LogP) is 1.75. The van der Waals surface area contributed by atoms with Gasteiger partial charge in [0.05, 0.1) is 6.04 Å². The zero-order chi connectivity index (χ0) is 12.8. The SMILES string of the molecule is C#CC(C)N1C(=O)N=C(N)C12CCCC2(C)C. The van der Waals surface area contributed by atoms with Crippen LogP contribution in [0.4, 0.5) is 4.79 Å². The second kappa shape index (κ2) is 3.49. The van der Waals surface area contributed by atoms with Gasteiger partial charge in [0, 0.05) is 0 Å². The lowest BCUT2D eigenvalue weighted by Crippen LogP contribution is -2.62. The zero-order valence-corrected chi connectivity index (χ0v) is 10.7. The van der Waals surface area contributed by atoms with E-state index in [0.717, 1.165) is 19.3 Å². The lowest BCUT2D eigenvalue weighted by atomic mass is 9.73. The molecule has 1 spiro atoms. The summed E-state index contributed by atoms with van der Waals surface area (Å²) in [6.45, 7) is 6.12. The summed E-state index contributed by atoms with van der Waals surface area (Å²) in [6.07, 6.45) is 8.40. The third kappa shape index (κ3) is 1.32. The van der Waals surface area contributed by atoms with E-state index in [-0.39, 0.29) is 17.5 Å². The first kappa shape index (κ1) is 12.0. The zero-order valence-electron chi connectivity index (χ0n) is 10.7. The molecular weight excluding hydrogens is 214 g/mol. The Morgan fingerprint density at radius 1 is 1.53 bits per heavy atom.